The standard InChI is InChI=1S/C32H19N3O/c33-18-20-16-22(19-34)31(26(17-20)21-8-2-1-3-9-21)35-27-12-6-4-11-25(27)30-28(35)15-14-24-23-10-5-7-13-29(23)36-32(24)30/h1-18,33H. The Morgan fingerprint density at radius 1 is 0.750 bits per heavy atom. The van der Waals surface area contributed by atoms with Crippen molar-refractivity contribution in [1.82, 2.24) is 4.57 Å². The van der Waals surface area contributed by atoms with Gasteiger partial charge in [0.2, 0.25) is 0 Å². The SMILES string of the molecule is N#Cc1cc(C=N)cc(-c2ccccc2)c1-n1c2ccccc2c2c3oc4ccccc4c3ccc21. The predicted octanol–water partition coefficient (Wildman–Crippen LogP) is 8.22. The Morgan fingerprint density at radius 3 is 2.31 bits per heavy atom. The number of rotatable bonds is 3. The van der Waals surface area contributed by atoms with Gasteiger partial charge >= 0.3 is 0 Å². The molecule has 0 aliphatic heterocycles. The van der Waals surface area contributed by atoms with Gasteiger partial charge in [0, 0.05) is 27.9 Å². The second kappa shape index (κ2) is 7.69. The first kappa shape index (κ1) is 20.3. The number of aromatic nitrogens is 1. The molecule has 7 aromatic rings. The van der Waals surface area contributed by atoms with Gasteiger partial charge in [-0.2, -0.15) is 5.26 Å². The van der Waals surface area contributed by atoms with E-state index in [2.05, 4.69) is 41.0 Å². The van der Waals surface area contributed by atoms with Crippen LogP contribution in [0.15, 0.2) is 108 Å². The monoisotopic (exact) mass is 461 g/mol. The molecule has 0 saturated heterocycles. The molecule has 5 aromatic carbocycles. The Balaban J connectivity index is 1.70. The van der Waals surface area contributed by atoms with Crippen LogP contribution >= 0.6 is 0 Å². The quantitative estimate of drug-likeness (QED) is 0.269. The number of fused-ring (bicyclic) bond motifs is 7. The van der Waals surface area contributed by atoms with Crippen LogP contribution in [0.25, 0.3) is 60.6 Å². The molecular formula is C32H19N3O. The first-order valence-corrected chi connectivity index (χ1v) is 11.8. The Kier molecular flexibility index (Phi) is 4.33. The van der Waals surface area contributed by atoms with Gasteiger partial charge in [0.15, 0.2) is 0 Å². The molecule has 36 heavy (non-hydrogen) atoms. The fraction of sp³-hybridized carbons (Fsp3) is 0. The third-order valence-electron chi connectivity index (χ3n) is 6.91. The number of hydrogen-bond donors (Lipinski definition) is 1. The van der Waals surface area contributed by atoms with Gasteiger partial charge in [0.05, 0.1) is 27.7 Å². The van der Waals surface area contributed by atoms with E-state index >= 15 is 0 Å². The summed E-state index contributed by atoms with van der Waals surface area (Å²) in [6.45, 7) is 0. The first-order valence-electron chi connectivity index (χ1n) is 11.8. The zero-order valence-electron chi connectivity index (χ0n) is 19.2. The summed E-state index contributed by atoms with van der Waals surface area (Å²) in [6, 6.07) is 36.8. The molecule has 2 aromatic heterocycles. The van der Waals surface area contributed by atoms with Crippen LogP contribution in [0.3, 0.4) is 0 Å². The van der Waals surface area contributed by atoms with Gasteiger partial charge in [-0.1, -0.05) is 66.7 Å². The molecule has 0 amide bonds. The van der Waals surface area contributed by atoms with Crippen LogP contribution in [0, 0.1) is 16.7 Å². The molecule has 0 radical (unpaired) electrons. The Hall–Kier alpha value is -5.14. The minimum atomic E-state index is 0.516. The fourth-order valence-corrected chi connectivity index (χ4v) is 5.38. The Bertz CT molecular complexity index is 2020. The van der Waals surface area contributed by atoms with E-state index < -0.39 is 0 Å². The van der Waals surface area contributed by atoms with Gasteiger partial charge in [-0.15, -0.1) is 0 Å². The number of para-hydroxylation sites is 2. The van der Waals surface area contributed by atoms with Crippen molar-refractivity contribution in [1.29, 1.82) is 10.7 Å². The van der Waals surface area contributed by atoms with Gasteiger partial charge in [0.25, 0.3) is 0 Å². The lowest BCUT2D eigenvalue weighted by Crippen LogP contribution is -2.02. The van der Waals surface area contributed by atoms with Gasteiger partial charge in [-0.3, -0.25) is 0 Å². The lowest BCUT2D eigenvalue weighted by Gasteiger charge is -2.17. The number of hydrogen-bond acceptors (Lipinski definition) is 3. The highest BCUT2D eigenvalue weighted by atomic mass is 16.3. The average molecular weight is 462 g/mol. The van der Waals surface area contributed by atoms with Crippen molar-refractivity contribution in [2.75, 3.05) is 0 Å². The van der Waals surface area contributed by atoms with Crippen molar-refractivity contribution < 1.29 is 4.42 Å². The summed E-state index contributed by atoms with van der Waals surface area (Å²) in [7, 11) is 0. The summed E-state index contributed by atoms with van der Waals surface area (Å²) in [5.41, 5.74) is 7.57. The Morgan fingerprint density at radius 2 is 1.50 bits per heavy atom. The van der Waals surface area contributed by atoms with Gasteiger partial charge < -0.3 is 14.4 Å². The van der Waals surface area contributed by atoms with Crippen LogP contribution in [0.2, 0.25) is 0 Å². The third kappa shape index (κ3) is 2.77. The highest BCUT2D eigenvalue weighted by molar-refractivity contribution is 6.24. The van der Waals surface area contributed by atoms with Gasteiger partial charge in [0.1, 0.15) is 17.2 Å². The van der Waals surface area contributed by atoms with E-state index in [9.17, 15) is 5.26 Å². The largest absolute Gasteiger partial charge is 0.455 e. The molecule has 4 nitrogen and oxygen atoms in total. The molecule has 1 N–H and O–H groups in total. The average Bonchev–Trinajstić information content (AvgIpc) is 3.48. The van der Waals surface area contributed by atoms with Crippen molar-refractivity contribution in [3.8, 4) is 22.9 Å². The topological polar surface area (TPSA) is 65.7 Å². The minimum absolute atomic E-state index is 0.516. The molecule has 0 atom stereocenters. The maximum Gasteiger partial charge on any atom is 0.145 e. The molecule has 0 fully saturated rings. The molecular weight excluding hydrogens is 442 g/mol. The van der Waals surface area contributed by atoms with Crippen molar-refractivity contribution in [2.45, 2.75) is 0 Å². The van der Waals surface area contributed by atoms with Crippen LogP contribution < -0.4 is 0 Å². The van der Waals surface area contributed by atoms with E-state index in [0.717, 1.165) is 60.6 Å². The number of furan rings is 1. The Labute approximate surface area is 206 Å². The smallest absolute Gasteiger partial charge is 0.145 e. The van der Waals surface area contributed by atoms with Crippen molar-refractivity contribution in [3.05, 3.63) is 114 Å². The summed E-state index contributed by atoms with van der Waals surface area (Å²) in [5.74, 6) is 0. The van der Waals surface area contributed by atoms with Crippen LogP contribution in [0.1, 0.15) is 11.1 Å². The molecule has 168 valence electrons. The lowest BCUT2D eigenvalue weighted by atomic mass is 9.97. The summed E-state index contributed by atoms with van der Waals surface area (Å²) in [4.78, 5) is 0. The maximum absolute atomic E-state index is 10.3. The van der Waals surface area contributed by atoms with E-state index in [0.29, 0.717) is 11.1 Å². The molecule has 7 rings (SSSR count). The molecule has 0 bridgehead atoms. The first-order chi connectivity index (χ1) is 17.8. The summed E-state index contributed by atoms with van der Waals surface area (Å²) < 4.78 is 8.60. The maximum atomic E-state index is 10.3. The van der Waals surface area contributed by atoms with E-state index in [1.165, 1.54) is 6.21 Å². The molecule has 2 heterocycles. The molecule has 4 heteroatoms. The van der Waals surface area contributed by atoms with Gasteiger partial charge in [-0.25, -0.2) is 0 Å². The highest BCUT2D eigenvalue weighted by Gasteiger charge is 2.22. The van der Waals surface area contributed by atoms with E-state index in [4.69, 9.17) is 9.83 Å². The zero-order valence-corrected chi connectivity index (χ0v) is 19.2. The predicted molar refractivity (Wildman–Crippen MR) is 146 cm³/mol. The summed E-state index contributed by atoms with van der Waals surface area (Å²) in [6.07, 6.45) is 1.29. The molecule has 0 unspecified atom stereocenters. The summed E-state index contributed by atoms with van der Waals surface area (Å²) in [5, 5.41) is 22.4. The molecule has 0 spiro atoms. The van der Waals surface area contributed by atoms with Crippen LogP contribution in [-0.2, 0) is 0 Å². The van der Waals surface area contributed by atoms with E-state index in [1.54, 1.807) is 6.07 Å². The van der Waals surface area contributed by atoms with Crippen LogP contribution in [-0.4, -0.2) is 10.8 Å². The second-order valence-corrected chi connectivity index (χ2v) is 8.87. The zero-order chi connectivity index (χ0) is 24.2. The van der Waals surface area contributed by atoms with Gasteiger partial charge in [-0.05, 0) is 47.5 Å². The second-order valence-electron chi connectivity index (χ2n) is 8.87. The molecule has 0 aliphatic carbocycles. The van der Waals surface area contributed by atoms with E-state index in [1.807, 2.05) is 66.7 Å². The number of benzene rings is 5. The molecule has 0 saturated carbocycles. The fourth-order valence-electron chi connectivity index (χ4n) is 5.38. The van der Waals surface area contributed by atoms with E-state index in [-0.39, 0.29) is 0 Å². The highest BCUT2D eigenvalue weighted by Crippen LogP contribution is 2.42. The van der Waals surface area contributed by atoms with Crippen molar-refractivity contribution in [2.24, 2.45) is 0 Å². The van der Waals surface area contributed by atoms with Crippen molar-refractivity contribution >= 4 is 50.0 Å². The lowest BCUT2D eigenvalue weighted by molar-refractivity contribution is 0.673. The van der Waals surface area contributed by atoms with Crippen LogP contribution in [0.5, 0.6) is 0 Å². The number of nitrogens with zero attached hydrogens (tertiary/aromatic N) is 2. The number of nitrogens with one attached hydrogen (secondary N) is 1. The third-order valence-corrected chi connectivity index (χ3v) is 6.91. The number of nitriles is 1. The normalized spacial score (nSPS) is 11.4. The minimum Gasteiger partial charge on any atom is -0.455 e. The summed E-state index contributed by atoms with van der Waals surface area (Å²) >= 11 is 0. The van der Waals surface area contributed by atoms with Crippen LogP contribution in [0.4, 0.5) is 0 Å². The molecule has 0 aliphatic rings. The van der Waals surface area contributed by atoms with Crippen molar-refractivity contribution in [3.63, 3.8) is 0 Å².